The van der Waals surface area contributed by atoms with Crippen LogP contribution in [0.3, 0.4) is 0 Å². The van der Waals surface area contributed by atoms with Crippen LogP contribution in [0.4, 0.5) is 11.5 Å². The van der Waals surface area contributed by atoms with Gasteiger partial charge in [0.2, 0.25) is 0 Å². The van der Waals surface area contributed by atoms with Crippen molar-refractivity contribution < 1.29 is 4.79 Å². The van der Waals surface area contributed by atoms with Crippen LogP contribution in [0.2, 0.25) is 0 Å². The van der Waals surface area contributed by atoms with Gasteiger partial charge in [-0.25, -0.2) is 4.98 Å². The molecule has 0 atom stereocenters. The van der Waals surface area contributed by atoms with Gasteiger partial charge in [-0.3, -0.25) is 9.48 Å². The summed E-state index contributed by atoms with van der Waals surface area (Å²) in [5.41, 5.74) is 2.01. The van der Waals surface area contributed by atoms with Crippen LogP contribution >= 0.6 is 0 Å². The molecule has 0 aliphatic heterocycles. The quantitative estimate of drug-likeness (QED) is 0.878. The number of rotatable bonds is 4. The molecule has 100 valence electrons. The van der Waals surface area contributed by atoms with Gasteiger partial charge in [-0.2, -0.15) is 5.10 Å². The van der Waals surface area contributed by atoms with Crippen LogP contribution in [-0.4, -0.2) is 27.2 Å². The topological polar surface area (TPSA) is 71.8 Å². The highest BCUT2D eigenvalue weighted by molar-refractivity contribution is 6.07. The molecule has 2 rings (SSSR count). The molecule has 0 aliphatic rings. The molecule has 6 heteroatoms. The molecule has 19 heavy (non-hydrogen) atoms. The number of aromatic nitrogens is 3. The number of hydrogen-bond acceptors (Lipinski definition) is 4. The second-order valence-electron chi connectivity index (χ2n) is 4.19. The van der Waals surface area contributed by atoms with Gasteiger partial charge in [0.25, 0.3) is 5.91 Å². The summed E-state index contributed by atoms with van der Waals surface area (Å²) in [4.78, 5) is 16.4. The minimum atomic E-state index is -0.194. The third-order valence-corrected chi connectivity index (χ3v) is 2.66. The Hall–Kier alpha value is -2.37. The van der Waals surface area contributed by atoms with Gasteiger partial charge in [0.05, 0.1) is 16.9 Å². The number of pyridine rings is 1. The zero-order chi connectivity index (χ0) is 13.8. The van der Waals surface area contributed by atoms with Crippen molar-refractivity contribution >= 4 is 17.4 Å². The second-order valence-corrected chi connectivity index (χ2v) is 4.19. The van der Waals surface area contributed by atoms with Crippen molar-refractivity contribution in [1.29, 1.82) is 0 Å². The fourth-order valence-corrected chi connectivity index (χ4v) is 1.81. The largest absolute Gasteiger partial charge is 0.370 e. The third-order valence-electron chi connectivity index (χ3n) is 2.66. The smallest absolute Gasteiger partial charge is 0.259 e. The lowest BCUT2D eigenvalue weighted by molar-refractivity contribution is 0.102. The zero-order valence-corrected chi connectivity index (χ0v) is 11.3. The molecule has 0 saturated carbocycles. The lowest BCUT2D eigenvalue weighted by atomic mass is 10.2. The van der Waals surface area contributed by atoms with E-state index in [4.69, 9.17) is 0 Å². The van der Waals surface area contributed by atoms with Gasteiger partial charge in [0, 0.05) is 26.0 Å². The maximum atomic E-state index is 12.2. The number of carbonyl (C=O) groups is 1. The standard InChI is InChI=1S/C13H17N5O/c1-4-14-12-10(6-5-7-15-12)13(19)16-11-8-18(3)17-9(11)2/h5-8H,4H2,1-3H3,(H,14,15)(H,16,19). The summed E-state index contributed by atoms with van der Waals surface area (Å²) in [5.74, 6) is 0.393. The van der Waals surface area contributed by atoms with Crippen LogP contribution < -0.4 is 10.6 Å². The second kappa shape index (κ2) is 5.51. The zero-order valence-electron chi connectivity index (χ0n) is 11.3. The molecular weight excluding hydrogens is 242 g/mol. The molecule has 0 aliphatic carbocycles. The van der Waals surface area contributed by atoms with Crippen molar-refractivity contribution in [2.45, 2.75) is 13.8 Å². The highest BCUT2D eigenvalue weighted by atomic mass is 16.1. The van der Waals surface area contributed by atoms with E-state index >= 15 is 0 Å². The molecule has 2 heterocycles. The molecular formula is C13H17N5O. The predicted octanol–water partition coefficient (Wildman–Crippen LogP) is 1.81. The maximum Gasteiger partial charge on any atom is 0.259 e. The molecule has 2 N–H and O–H groups in total. The minimum Gasteiger partial charge on any atom is -0.370 e. The van der Waals surface area contributed by atoms with Gasteiger partial charge in [-0.1, -0.05) is 0 Å². The SMILES string of the molecule is CCNc1ncccc1C(=O)Nc1cn(C)nc1C. The molecule has 2 aromatic rings. The Morgan fingerprint density at radius 1 is 1.47 bits per heavy atom. The molecule has 0 fully saturated rings. The Morgan fingerprint density at radius 2 is 2.26 bits per heavy atom. The average Bonchev–Trinajstić information content (AvgIpc) is 2.69. The van der Waals surface area contributed by atoms with Crippen molar-refractivity contribution in [1.82, 2.24) is 14.8 Å². The van der Waals surface area contributed by atoms with Crippen LogP contribution in [0.25, 0.3) is 0 Å². The average molecular weight is 259 g/mol. The minimum absolute atomic E-state index is 0.194. The van der Waals surface area contributed by atoms with E-state index in [1.807, 2.05) is 20.9 Å². The molecule has 0 aromatic carbocycles. The van der Waals surface area contributed by atoms with Gasteiger partial charge in [-0.15, -0.1) is 0 Å². The van der Waals surface area contributed by atoms with Gasteiger partial charge >= 0.3 is 0 Å². The predicted molar refractivity (Wildman–Crippen MR) is 74.3 cm³/mol. The molecule has 6 nitrogen and oxygen atoms in total. The number of nitrogens with one attached hydrogen (secondary N) is 2. The molecule has 0 bridgehead atoms. The van der Waals surface area contributed by atoms with Crippen LogP contribution in [0, 0.1) is 6.92 Å². The van der Waals surface area contributed by atoms with Crippen LogP contribution in [0.1, 0.15) is 23.0 Å². The number of anilines is 2. The van der Waals surface area contributed by atoms with Crippen molar-refractivity contribution in [2.24, 2.45) is 7.05 Å². The summed E-state index contributed by atoms with van der Waals surface area (Å²) in [5, 5.41) is 10.1. The molecule has 0 radical (unpaired) electrons. The first-order valence-corrected chi connectivity index (χ1v) is 6.12. The molecule has 0 spiro atoms. The van der Waals surface area contributed by atoms with Crippen molar-refractivity contribution in [2.75, 3.05) is 17.2 Å². The Kier molecular flexibility index (Phi) is 3.79. The van der Waals surface area contributed by atoms with Crippen LogP contribution in [0.5, 0.6) is 0 Å². The fourth-order valence-electron chi connectivity index (χ4n) is 1.81. The summed E-state index contributed by atoms with van der Waals surface area (Å²) in [6, 6.07) is 3.48. The summed E-state index contributed by atoms with van der Waals surface area (Å²) < 4.78 is 1.67. The first-order chi connectivity index (χ1) is 9.11. The Labute approximate surface area is 111 Å². The summed E-state index contributed by atoms with van der Waals surface area (Å²) in [6.45, 7) is 4.52. The highest BCUT2D eigenvalue weighted by Gasteiger charge is 2.14. The Bertz CT molecular complexity index is 590. The molecule has 0 saturated heterocycles. The van der Waals surface area contributed by atoms with E-state index in [1.54, 1.807) is 29.2 Å². The number of aryl methyl sites for hydroxylation is 2. The molecule has 0 unspecified atom stereocenters. The van der Waals surface area contributed by atoms with Gasteiger partial charge < -0.3 is 10.6 Å². The van der Waals surface area contributed by atoms with Crippen molar-refractivity contribution in [3.05, 3.63) is 35.8 Å². The normalized spacial score (nSPS) is 10.3. The van der Waals surface area contributed by atoms with Gasteiger partial charge in [0.1, 0.15) is 5.82 Å². The first-order valence-electron chi connectivity index (χ1n) is 6.12. The van der Waals surface area contributed by atoms with Crippen molar-refractivity contribution in [3.8, 4) is 0 Å². The van der Waals surface area contributed by atoms with E-state index in [-0.39, 0.29) is 5.91 Å². The summed E-state index contributed by atoms with van der Waals surface area (Å²) in [7, 11) is 1.82. The molecule has 2 aromatic heterocycles. The van der Waals surface area contributed by atoms with Crippen LogP contribution in [-0.2, 0) is 7.05 Å². The third kappa shape index (κ3) is 2.90. The van der Waals surface area contributed by atoms with E-state index < -0.39 is 0 Å². The number of carbonyl (C=O) groups excluding carboxylic acids is 1. The van der Waals surface area contributed by atoms with E-state index in [0.29, 0.717) is 23.6 Å². The first kappa shape index (κ1) is 13.1. The monoisotopic (exact) mass is 259 g/mol. The van der Waals surface area contributed by atoms with E-state index in [2.05, 4.69) is 20.7 Å². The number of nitrogens with zero attached hydrogens (tertiary/aromatic N) is 3. The van der Waals surface area contributed by atoms with E-state index in [1.165, 1.54) is 0 Å². The molecule has 1 amide bonds. The maximum absolute atomic E-state index is 12.2. The Balaban J connectivity index is 2.22. The van der Waals surface area contributed by atoms with Crippen LogP contribution in [0.15, 0.2) is 24.5 Å². The van der Waals surface area contributed by atoms with E-state index in [9.17, 15) is 4.79 Å². The lowest BCUT2D eigenvalue weighted by Gasteiger charge is -2.09. The lowest BCUT2D eigenvalue weighted by Crippen LogP contribution is -2.15. The number of amides is 1. The Morgan fingerprint density at radius 3 is 2.89 bits per heavy atom. The van der Waals surface area contributed by atoms with Gasteiger partial charge in [-0.05, 0) is 26.0 Å². The summed E-state index contributed by atoms with van der Waals surface area (Å²) >= 11 is 0. The van der Waals surface area contributed by atoms with Crippen molar-refractivity contribution in [3.63, 3.8) is 0 Å². The highest BCUT2D eigenvalue weighted by Crippen LogP contribution is 2.16. The summed E-state index contributed by atoms with van der Waals surface area (Å²) in [6.07, 6.45) is 3.43. The number of hydrogen-bond donors (Lipinski definition) is 2. The van der Waals surface area contributed by atoms with Gasteiger partial charge in [0.15, 0.2) is 0 Å². The fraction of sp³-hybridized carbons (Fsp3) is 0.308. The van der Waals surface area contributed by atoms with E-state index in [0.717, 1.165) is 5.69 Å².